The number of allylic oxidation sites excluding steroid dienone is 1. The number of hydrazine groups is 1. The SMILES string of the molecule is C=CCN1CC(=O)N2[C@@H](CC3=CCC(O)C=C3)C(=O)N(Cc3cccc(NC(N)=O)c3)C[C@@H]2N1C(=O)NCc1ccccc1. The fourth-order valence-electron chi connectivity index (χ4n) is 5.84. The van der Waals surface area contributed by atoms with Gasteiger partial charge in [-0.15, -0.1) is 6.58 Å². The molecule has 0 spiro atoms. The topological polar surface area (TPSA) is 152 Å². The van der Waals surface area contributed by atoms with Gasteiger partial charge in [0, 0.05) is 31.7 Å². The summed E-state index contributed by atoms with van der Waals surface area (Å²) in [5.74, 6) is -0.528. The predicted octanol–water partition coefficient (Wildman–Crippen LogP) is 2.31. The van der Waals surface area contributed by atoms with Crippen LogP contribution in [0.1, 0.15) is 24.0 Å². The highest BCUT2D eigenvalue weighted by Gasteiger charge is 2.51. The van der Waals surface area contributed by atoms with Crippen molar-refractivity contribution in [2.24, 2.45) is 5.73 Å². The molecule has 0 bridgehead atoms. The van der Waals surface area contributed by atoms with Crippen molar-refractivity contribution in [2.45, 2.75) is 44.2 Å². The molecule has 2 saturated heterocycles. The van der Waals surface area contributed by atoms with Crippen molar-refractivity contribution in [3.05, 3.63) is 102 Å². The highest BCUT2D eigenvalue weighted by atomic mass is 16.3. The monoisotopic (exact) mass is 599 g/mol. The summed E-state index contributed by atoms with van der Waals surface area (Å²) in [6.45, 7) is 4.49. The first-order chi connectivity index (χ1) is 21.2. The fraction of sp³-hybridized carbons (Fsp3) is 0.312. The molecule has 0 radical (unpaired) electrons. The van der Waals surface area contributed by atoms with Crippen molar-refractivity contribution in [1.29, 1.82) is 0 Å². The molecule has 3 atom stereocenters. The Bertz CT molecular complexity index is 1480. The maximum atomic E-state index is 14.1. The first-order valence-corrected chi connectivity index (χ1v) is 14.5. The zero-order valence-electron chi connectivity index (χ0n) is 24.3. The normalized spacial score (nSPS) is 21.9. The van der Waals surface area contributed by atoms with Gasteiger partial charge < -0.3 is 31.3 Å². The summed E-state index contributed by atoms with van der Waals surface area (Å²) in [4.78, 5) is 56.3. The molecule has 2 aromatic rings. The molecule has 12 heteroatoms. The molecule has 230 valence electrons. The number of aliphatic hydroxyl groups excluding tert-OH is 1. The maximum Gasteiger partial charge on any atom is 0.334 e. The van der Waals surface area contributed by atoms with Crippen LogP contribution in [0.15, 0.2) is 91.1 Å². The first kappa shape index (κ1) is 30.5. The van der Waals surface area contributed by atoms with Crippen LogP contribution in [0.4, 0.5) is 15.3 Å². The molecule has 2 fully saturated rings. The maximum absolute atomic E-state index is 14.1. The van der Waals surface area contributed by atoms with Crippen LogP contribution in [0.5, 0.6) is 0 Å². The third kappa shape index (κ3) is 6.99. The number of rotatable bonds is 9. The number of amides is 6. The third-order valence-electron chi connectivity index (χ3n) is 7.82. The van der Waals surface area contributed by atoms with Crippen molar-refractivity contribution in [2.75, 3.05) is 25.0 Å². The molecule has 3 aliphatic rings. The van der Waals surface area contributed by atoms with Crippen LogP contribution >= 0.6 is 0 Å². The van der Waals surface area contributed by atoms with Gasteiger partial charge in [-0.3, -0.25) is 9.59 Å². The van der Waals surface area contributed by atoms with Gasteiger partial charge in [-0.05, 0) is 35.3 Å². The largest absolute Gasteiger partial charge is 0.389 e. The summed E-state index contributed by atoms with van der Waals surface area (Å²) in [5, 5.41) is 18.6. The Balaban J connectivity index is 1.48. The van der Waals surface area contributed by atoms with Crippen molar-refractivity contribution in [3.63, 3.8) is 0 Å². The summed E-state index contributed by atoms with van der Waals surface area (Å²) in [6.07, 6.45) is 6.19. The van der Waals surface area contributed by atoms with Crippen molar-refractivity contribution in [3.8, 4) is 0 Å². The smallest absolute Gasteiger partial charge is 0.334 e. The van der Waals surface area contributed by atoms with E-state index in [4.69, 9.17) is 5.73 Å². The third-order valence-corrected chi connectivity index (χ3v) is 7.82. The molecule has 6 amide bonds. The van der Waals surface area contributed by atoms with Gasteiger partial charge in [0.15, 0.2) is 0 Å². The number of carbonyl (C=O) groups is 4. The van der Waals surface area contributed by atoms with Crippen molar-refractivity contribution < 1.29 is 24.3 Å². The van der Waals surface area contributed by atoms with Crippen molar-refractivity contribution >= 4 is 29.6 Å². The van der Waals surface area contributed by atoms with E-state index in [1.54, 1.807) is 46.3 Å². The molecular formula is C32H37N7O5. The number of primary amides is 1. The Morgan fingerprint density at radius 2 is 1.86 bits per heavy atom. The number of nitrogens with two attached hydrogens (primary N) is 1. The molecule has 5 N–H and O–H groups in total. The number of anilines is 1. The Hall–Kier alpha value is -4.94. The number of hydrogen-bond donors (Lipinski definition) is 4. The molecule has 5 rings (SSSR count). The molecule has 2 aromatic carbocycles. The Labute approximate surface area is 256 Å². The molecule has 44 heavy (non-hydrogen) atoms. The van der Waals surface area contributed by atoms with E-state index in [1.165, 1.54) is 9.91 Å². The standard InChI is InChI=1S/C32H37N7O5/c1-2-15-37-21-29(41)38-27(17-22-11-13-26(40)14-12-22)30(42)36(19-24-9-6-10-25(16-24)35-31(33)43)20-28(38)39(37)32(44)34-18-23-7-4-3-5-8-23/h2-13,16,26-28,40H,1,14-15,17-21H2,(H,34,44)(H3,33,35,43)/t26?,27-,28-/m0/s1. The fourth-order valence-corrected chi connectivity index (χ4v) is 5.84. The minimum atomic E-state index is -0.880. The highest BCUT2D eigenvalue weighted by molar-refractivity contribution is 5.92. The molecular weight excluding hydrogens is 562 g/mol. The van der Waals surface area contributed by atoms with E-state index in [1.807, 2.05) is 42.5 Å². The number of aliphatic hydroxyl groups is 1. The van der Waals surface area contributed by atoms with E-state index in [-0.39, 0.29) is 51.0 Å². The van der Waals surface area contributed by atoms with Crippen molar-refractivity contribution in [1.82, 2.24) is 25.1 Å². The highest BCUT2D eigenvalue weighted by Crippen LogP contribution is 2.31. The Kier molecular flexibility index (Phi) is 9.41. The van der Waals surface area contributed by atoms with E-state index in [0.717, 1.165) is 16.7 Å². The molecule has 0 saturated carbocycles. The zero-order chi connectivity index (χ0) is 31.2. The van der Waals surface area contributed by atoms with E-state index in [9.17, 15) is 24.3 Å². The number of hydrogen-bond acceptors (Lipinski definition) is 6. The molecule has 0 aromatic heterocycles. The van der Waals surface area contributed by atoms with Crippen LogP contribution in [0.3, 0.4) is 0 Å². The van der Waals surface area contributed by atoms with Crippen LogP contribution in [-0.2, 0) is 22.7 Å². The Morgan fingerprint density at radius 1 is 1.09 bits per heavy atom. The average Bonchev–Trinajstić information content (AvgIpc) is 2.99. The number of fused-ring (bicyclic) bond motifs is 1. The number of benzene rings is 2. The lowest BCUT2D eigenvalue weighted by Gasteiger charge is -2.55. The van der Waals surface area contributed by atoms with E-state index in [2.05, 4.69) is 17.2 Å². The van der Waals surface area contributed by atoms with Gasteiger partial charge in [0.1, 0.15) is 12.2 Å². The minimum Gasteiger partial charge on any atom is -0.389 e. The summed E-state index contributed by atoms with van der Waals surface area (Å²) in [7, 11) is 0. The summed E-state index contributed by atoms with van der Waals surface area (Å²) >= 11 is 0. The number of nitrogens with one attached hydrogen (secondary N) is 2. The van der Waals surface area contributed by atoms with Gasteiger partial charge in [0.25, 0.3) is 0 Å². The van der Waals surface area contributed by atoms with Crippen LogP contribution in [0, 0.1) is 0 Å². The van der Waals surface area contributed by atoms with Gasteiger partial charge in [-0.2, -0.15) is 0 Å². The quantitative estimate of drug-likeness (QED) is 0.325. The average molecular weight is 600 g/mol. The molecule has 2 aliphatic heterocycles. The minimum absolute atomic E-state index is 0.0640. The molecule has 2 heterocycles. The van der Waals surface area contributed by atoms with Gasteiger partial charge in [-0.1, -0.05) is 66.8 Å². The van der Waals surface area contributed by atoms with Crippen LogP contribution in [0.25, 0.3) is 0 Å². The van der Waals surface area contributed by atoms with E-state index < -0.39 is 30.4 Å². The lowest BCUT2D eigenvalue weighted by atomic mass is 9.94. The second-order valence-electron chi connectivity index (χ2n) is 11.0. The second kappa shape index (κ2) is 13.6. The van der Waals surface area contributed by atoms with Crippen LogP contribution in [-0.4, -0.2) is 86.7 Å². The predicted molar refractivity (Wildman–Crippen MR) is 164 cm³/mol. The van der Waals surface area contributed by atoms with Crippen LogP contribution < -0.4 is 16.4 Å². The lowest BCUT2D eigenvalue weighted by Crippen LogP contribution is -2.76. The summed E-state index contributed by atoms with van der Waals surface area (Å²) < 4.78 is 0. The zero-order valence-corrected chi connectivity index (χ0v) is 24.3. The van der Waals surface area contributed by atoms with Gasteiger partial charge in [0.2, 0.25) is 11.8 Å². The van der Waals surface area contributed by atoms with E-state index >= 15 is 0 Å². The van der Waals surface area contributed by atoms with Gasteiger partial charge in [0.05, 0.1) is 19.2 Å². The molecule has 1 unspecified atom stereocenters. The van der Waals surface area contributed by atoms with Crippen LogP contribution in [0.2, 0.25) is 0 Å². The second-order valence-corrected chi connectivity index (χ2v) is 11.0. The number of carbonyl (C=O) groups excluding carboxylic acids is 4. The Morgan fingerprint density at radius 3 is 2.57 bits per heavy atom. The van der Waals surface area contributed by atoms with Gasteiger partial charge >= 0.3 is 12.1 Å². The lowest BCUT2D eigenvalue weighted by molar-refractivity contribution is -0.189. The van der Waals surface area contributed by atoms with E-state index in [0.29, 0.717) is 12.1 Å². The summed E-state index contributed by atoms with van der Waals surface area (Å²) in [5.41, 5.74) is 8.26. The number of piperazine rings is 1. The van der Waals surface area contributed by atoms with Gasteiger partial charge in [-0.25, -0.2) is 19.6 Å². The molecule has 1 aliphatic carbocycles. The summed E-state index contributed by atoms with van der Waals surface area (Å²) in [6, 6.07) is 14.5. The number of urea groups is 2. The first-order valence-electron chi connectivity index (χ1n) is 14.5. The molecule has 12 nitrogen and oxygen atoms in total. The number of nitrogens with zero attached hydrogens (tertiary/aromatic N) is 4.